The van der Waals surface area contributed by atoms with Crippen LogP contribution in [0.3, 0.4) is 0 Å². The maximum atomic E-state index is 5.46. The van der Waals surface area contributed by atoms with E-state index in [9.17, 15) is 0 Å². The third-order valence-electron chi connectivity index (χ3n) is 4.98. The van der Waals surface area contributed by atoms with E-state index in [1.54, 1.807) is 21.3 Å². The Balaban J connectivity index is 1.86. The van der Waals surface area contributed by atoms with Gasteiger partial charge in [-0.2, -0.15) is 0 Å². The molecule has 1 heterocycles. The second-order valence-electron chi connectivity index (χ2n) is 6.36. The summed E-state index contributed by atoms with van der Waals surface area (Å²) >= 11 is 0. The third kappa shape index (κ3) is 3.79. The van der Waals surface area contributed by atoms with E-state index in [4.69, 9.17) is 18.9 Å². The van der Waals surface area contributed by atoms with Crippen LogP contribution in [-0.2, 0) is 4.74 Å². The van der Waals surface area contributed by atoms with E-state index in [1.165, 1.54) is 5.56 Å². The van der Waals surface area contributed by atoms with Gasteiger partial charge in [-0.05, 0) is 35.7 Å². The molecule has 0 aliphatic carbocycles. The van der Waals surface area contributed by atoms with Gasteiger partial charge in [0.25, 0.3) is 0 Å². The van der Waals surface area contributed by atoms with Gasteiger partial charge >= 0.3 is 0 Å². The van der Waals surface area contributed by atoms with Gasteiger partial charge in [-0.1, -0.05) is 24.3 Å². The third-order valence-corrected chi connectivity index (χ3v) is 4.98. The largest absolute Gasteiger partial charge is 0.493 e. The summed E-state index contributed by atoms with van der Waals surface area (Å²) in [6.07, 6.45) is 0. The van der Waals surface area contributed by atoms with Crippen molar-refractivity contribution >= 4 is 0 Å². The predicted octanol–water partition coefficient (Wildman–Crippen LogP) is 3.77. The summed E-state index contributed by atoms with van der Waals surface area (Å²) < 4.78 is 21.8. The Morgan fingerprint density at radius 3 is 1.92 bits per heavy atom. The Morgan fingerprint density at radius 2 is 1.42 bits per heavy atom. The van der Waals surface area contributed by atoms with Crippen molar-refractivity contribution in [1.82, 2.24) is 4.90 Å². The van der Waals surface area contributed by atoms with E-state index in [-0.39, 0.29) is 0 Å². The molecule has 1 fully saturated rings. The summed E-state index contributed by atoms with van der Waals surface area (Å²) in [7, 11) is 4.88. The molecule has 3 rings (SSSR count). The van der Waals surface area contributed by atoms with Gasteiger partial charge in [-0.3, -0.25) is 4.90 Å². The second kappa shape index (κ2) is 8.43. The van der Waals surface area contributed by atoms with Gasteiger partial charge in [-0.15, -0.1) is 0 Å². The Morgan fingerprint density at radius 1 is 0.846 bits per heavy atom. The van der Waals surface area contributed by atoms with Crippen molar-refractivity contribution in [3.8, 4) is 28.4 Å². The molecule has 0 saturated carbocycles. The Labute approximate surface area is 155 Å². The molecule has 0 bridgehead atoms. The predicted molar refractivity (Wildman–Crippen MR) is 102 cm³/mol. The Kier molecular flexibility index (Phi) is 6.01. The zero-order valence-corrected chi connectivity index (χ0v) is 16.0. The summed E-state index contributed by atoms with van der Waals surface area (Å²) in [4.78, 5) is 2.46. The van der Waals surface area contributed by atoms with Crippen molar-refractivity contribution in [2.75, 3.05) is 47.6 Å². The summed E-state index contributed by atoms with van der Waals surface area (Å²) in [5.74, 6) is 1.93. The number of morpholine rings is 1. The van der Waals surface area contributed by atoms with E-state index in [1.807, 2.05) is 12.1 Å². The molecule has 5 heteroatoms. The van der Waals surface area contributed by atoms with Crippen molar-refractivity contribution in [2.24, 2.45) is 0 Å². The van der Waals surface area contributed by atoms with Gasteiger partial charge in [0.15, 0.2) is 11.5 Å². The average Bonchev–Trinajstić information content (AvgIpc) is 2.72. The number of nitrogens with zero attached hydrogens (tertiary/aromatic N) is 1. The number of methoxy groups -OCH3 is 3. The highest BCUT2D eigenvalue weighted by molar-refractivity contribution is 5.71. The van der Waals surface area contributed by atoms with Crippen LogP contribution in [-0.4, -0.2) is 52.5 Å². The quantitative estimate of drug-likeness (QED) is 0.787. The van der Waals surface area contributed by atoms with Crippen molar-refractivity contribution in [3.05, 3.63) is 42.0 Å². The highest BCUT2D eigenvalue weighted by Crippen LogP contribution is 2.41. The zero-order chi connectivity index (χ0) is 18.5. The maximum Gasteiger partial charge on any atom is 0.203 e. The van der Waals surface area contributed by atoms with Crippen LogP contribution in [0.2, 0.25) is 0 Å². The van der Waals surface area contributed by atoms with Crippen molar-refractivity contribution < 1.29 is 18.9 Å². The molecule has 2 aromatic rings. The standard InChI is InChI=1S/C21H27NO4/c1-15(22-9-11-26-12-10-22)16-5-7-17(8-6-16)18-13-19(23-2)21(25-4)20(14-18)24-3/h5-8,13-15H,9-12H2,1-4H3/t15-/m1/s1. The minimum absolute atomic E-state index is 0.382. The molecule has 0 unspecified atom stereocenters. The van der Waals surface area contributed by atoms with Gasteiger partial charge < -0.3 is 18.9 Å². The van der Waals surface area contributed by atoms with E-state index in [2.05, 4.69) is 36.1 Å². The summed E-state index contributed by atoms with van der Waals surface area (Å²) in [6, 6.07) is 13.0. The minimum atomic E-state index is 0.382. The highest BCUT2D eigenvalue weighted by Gasteiger charge is 2.19. The summed E-state index contributed by atoms with van der Waals surface area (Å²) in [5, 5.41) is 0. The first kappa shape index (κ1) is 18.5. The van der Waals surface area contributed by atoms with Gasteiger partial charge in [0, 0.05) is 19.1 Å². The smallest absolute Gasteiger partial charge is 0.203 e. The molecule has 1 aliphatic heterocycles. The zero-order valence-electron chi connectivity index (χ0n) is 16.0. The monoisotopic (exact) mass is 357 g/mol. The molecule has 5 nitrogen and oxygen atoms in total. The van der Waals surface area contributed by atoms with Crippen LogP contribution in [0, 0.1) is 0 Å². The van der Waals surface area contributed by atoms with Crippen LogP contribution in [0.5, 0.6) is 17.2 Å². The van der Waals surface area contributed by atoms with Gasteiger partial charge in [0.2, 0.25) is 5.75 Å². The lowest BCUT2D eigenvalue weighted by Gasteiger charge is -2.32. The molecule has 1 aliphatic rings. The molecule has 0 N–H and O–H groups in total. The van der Waals surface area contributed by atoms with Crippen molar-refractivity contribution in [2.45, 2.75) is 13.0 Å². The summed E-state index contributed by atoms with van der Waals surface area (Å²) in [6.45, 7) is 5.84. The SMILES string of the molecule is COc1cc(-c2ccc([C@@H](C)N3CCOCC3)cc2)cc(OC)c1OC. The number of hydrogen-bond acceptors (Lipinski definition) is 5. The lowest BCUT2D eigenvalue weighted by atomic mass is 10.00. The first-order valence-electron chi connectivity index (χ1n) is 8.90. The molecule has 1 atom stereocenters. The molecule has 0 aromatic heterocycles. The lowest BCUT2D eigenvalue weighted by molar-refractivity contribution is 0.0198. The summed E-state index contributed by atoms with van der Waals surface area (Å²) in [5.41, 5.74) is 3.45. The van der Waals surface area contributed by atoms with Crippen LogP contribution < -0.4 is 14.2 Å². The van der Waals surface area contributed by atoms with Crippen molar-refractivity contribution in [1.29, 1.82) is 0 Å². The molecular formula is C21H27NO4. The van der Waals surface area contributed by atoms with Crippen LogP contribution in [0.15, 0.2) is 36.4 Å². The van der Waals surface area contributed by atoms with E-state index in [0.717, 1.165) is 37.4 Å². The molecule has 1 saturated heterocycles. The first-order chi connectivity index (χ1) is 12.7. The highest BCUT2D eigenvalue weighted by atomic mass is 16.5. The fourth-order valence-electron chi connectivity index (χ4n) is 3.38. The fourth-order valence-corrected chi connectivity index (χ4v) is 3.38. The molecular weight excluding hydrogens is 330 g/mol. The average molecular weight is 357 g/mol. The maximum absolute atomic E-state index is 5.46. The minimum Gasteiger partial charge on any atom is -0.493 e. The number of ether oxygens (including phenoxy) is 4. The van der Waals surface area contributed by atoms with Gasteiger partial charge in [0.1, 0.15) is 0 Å². The normalized spacial score (nSPS) is 16.2. The molecule has 26 heavy (non-hydrogen) atoms. The van der Waals surface area contributed by atoms with E-state index in [0.29, 0.717) is 23.3 Å². The lowest BCUT2D eigenvalue weighted by Crippen LogP contribution is -2.37. The molecule has 0 amide bonds. The Hall–Kier alpha value is -2.24. The topological polar surface area (TPSA) is 40.2 Å². The molecule has 0 spiro atoms. The fraction of sp³-hybridized carbons (Fsp3) is 0.429. The molecule has 2 aromatic carbocycles. The van der Waals surface area contributed by atoms with Crippen LogP contribution in [0.25, 0.3) is 11.1 Å². The van der Waals surface area contributed by atoms with E-state index < -0.39 is 0 Å². The second-order valence-corrected chi connectivity index (χ2v) is 6.36. The van der Waals surface area contributed by atoms with Gasteiger partial charge in [-0.25, -0.2) is 0 Å². The number of hydrogen-bond donors (Lipinski definition) is 0. The van der Waals surface area contributed by atoms with Gasteiger partial charge in [0.05, 0.1) is 34.5 Å². The van der Waals surface area contributed by atoms with Crippen LogP contribution in [0.1, 0.15) is 18.5 Å². The molecule has 0 radical (unpaired) electrons. The van der Waals surface area contributed by atoms with Crippen molar-refractivity contribution in [3.63, 3.8) is 0 Å². The van der Waals surface area contributed by atoms with Crippen LogP contribution >= 0.6 is 0 Å². The van der Waals surface area contributed by atoms with Crippen LogP contribution in [0.4, 0.5) is 0 Å². The Bertz CT molecular complexity index is 698. The number of benzene rings is 2. The first-order valence-corrected chi connectivity index (χ1v) is 8.90. The number of rotatable bonds is 6. The molecule has 140 valence electrons. The van der Waals surface area contributed by atoms with E-state index >= 15 is 0 Å².